The summed E-state index contributed by atoms with van der Waals surface area (Å²) in [5.41, 5.74) is -0.523. The normalized spacial score (nSPS) is 20.3. The van der Waals surface area contributed by atoms with E-state index in [0.717, 1.165) is 19.4 Å². The molecule has 0 bridgehead atoms. The number of nitrogens with one attached hydrogen (secondary N) is 2. The molecule has 2 aliphatic heterocycles. The van der Waals surface area contributed by atoms with Crippen LogP contribution < -0.4 is 20.1 Å². The van der Waals surface area contributed by atoms with Crippen LogP contribution in [0.1, 0.15) is 39.2 Å². The highest BCUT2D eigenvalue weighted by molar-refractivity contribution is 8.18. The van der Waals surface area contributed by atoms with Gasteiger partial charge in [-0.3, -0.25) is 19.8 Å². The first-order valence-electron chi connectivity index (χ1n) is 10.6. The second kappa shape index (κ2) is 10.3. The fourth-order valence-corrected chi connectivity index (χ4v) is 4.43. The fourth-order valence-electron chi connectivity index (χ4n) is 3.75. The van der Waals surface area contributed by atoms with Crippen molar-refractivity contribution in [2.75, 3.05) is 19.7 Å². The molecule has 1 aromatic carbocycles. The van der Waals surface area contributed by atoms with Crippen LogP contribution in [0, 0.1) is 0 Å². The number of alkyl halides is 3. The predicted octanol–water partition coefficient (Wildman–Crippen LogP) is 4.30. The van der Waals surface area contributed by atoms with Crippen molar-refractivity contribution in [2.24, 2.45) is 0 Å². The molecule has 2 saturated heterocycles. The summed E-state index contributed by atoms with van der Waals surface area (Å²) in [6.45, 7) is 5.29. The smallest absolute Gasteiger partial charge is 0.422 e. The number of hydrogen-bond donors (Lipinski definition) is 2. The molecule has 2 fully saturated rings. The Bertz CT molecular complexity index is 985. The van der Waals surface area contributed by atoms with Crippen LogP contribution in [0.5, 0.6) is 11.5 Å². The number of carbonyl (C=O) groups excluding carboxylic acids is 3. The maximum atomic E-state index is 13.4. The molecular weight excluding hydrogens is 475 g/mol. The number of ether oxygens (including phenoxy) is 2. The number of piperidine rings is 1. The molecule has 0 radical (unpaired) electrons. The number of amides is 3. The fraction of sp³-hybridized carbons (Fsp3) is 0.500. The summed E-state index contributed by atoms with van der Waals surface area (Å²) in [5.74, 6) is -1.24. The van der Waals surface area contributed by atoms with Crippen LogP contribution in [0.15, 0.2) is 23.1 Å². The predicted molar refractivity (Wildman–Crippen MR) is 121 cm³/mol. The summed E-state index contributed by atoms with van der Waals surface area (Å²) in [5, 5.41) is 4.76. The number of nitrogens with zero attached hydrogens (tertiary/aromatic N) is 1. The van der Waals surface area contributed by atoms with Gasteiger partial charge in [0.2, 0.25) is 0 Å². The number of benzene rings is 1. The average molecular weight is 502 g/mol. The summed E-state index contributed by atoms with van der Waals surface area (Å²) in [7, 11) is 0. The lowest BCUT2D eigenvalue weighted by Gasteiger charge is -2.42. The number of para-hydroxylation sites is 1. The van der Waals surface area contributed by atoms with Gasteiger partial charge in [-0.25, -0.2) is 4.79 Å². The van der Waals surface area contributed by atoms with Gasteiger partial charge in [0.15, 0.2) is 18.1 Å². The number of thioether (sulfide) groups is 1. The van der Waals surface area contributed by atoms with Crippen LogP contribution in [-0.2, 0) is 4.79 Å². The summed E-state index contributed by atoms with van der Waals surface area (Å²) in [6, 6.07) is 3.92. The van der Waals surface area contributed by atoms with Crippen LogP contribution in [0.25, 0.3) is 6.08 Å². The van der Waals surface area contributed by atoms with Crippen LogP contribution in [0.3, 0.4) is 0 Å². The summed E-state index contributed by atoms with van der Waals surface area (Å²) < 4.78 is 49.1. The quantitative estimate of drug-likeness (QED) is 0.581. The lowest BCUT2D eigenvalue weighted by molar-refractivity contribution is -0.153. The molecule has 2 heterocycles. The number of halogens is 3. The van der Waals surface area contributed by atoms with Gasteiger partial charge in [-0.05, 0) is 64.1 Å². The van der Waals surface area contributed by atoms with Crippen LogP contribution in [0.2, 0.25) is 0 Å². The molecular formula is C22H26F3N3O5S. The van der Waals surface area contributed by atoms with Crippen LogP contribution >= 0.6 is 11.8 Å². The highest BCUT2D eigenvalue weighted by Gasteiger charge is 2.37. The monoisotopic (exact) mass is 501 g/mol. The molecule has 0 spiro atoms. The molecule has 0 aromatic heterocycles. The van der Waals surface area contributed by atoms with Gasteiger partial charge in [-0.1, -0.05) is 12.1 Å². The molecule has 186 valence electrons. The molecule has 12 heteroatoms. The van der Waals surface area contributed by atoms with E-state index in [1.807, 2.05) is 20.8 Å². The van der Waals surface area contributed by atoms with Gasteiger partial charge in [0, 0.05) is 23.7 Å². The molecule has 1 aromatic rings. The Morgan fingerprint density at radius 2 is 2.00 bits per heavy atom. The largest absolute Gasteiger partial charge is 0.480 e. The number of imide groups is 1. The van der Waals surface area contributed by atoms with E-state index in [1.54, 1.807) is 4.90 Å². The Balaban J connectivity index is 1.99. The third kappa shape index (κ3) is 6.66. The van der Waals surface area contributed by atoms with Crippen molar-refractivity contribution in [1.82, 2.24) is 15.5 Å². The van der Waals surface area contributed by atoms with Crippen LogP contribution in [0.4, 0.5) is 22.8 Å². The van der Waals surface area contributed by atoms with Crippen LogP contribution in [-0.4, -0.2) is 59.6 Å². The van der Waals surface area contributed by atoms with Crippen molar-refractivity contribution >= 4 is 35.1 Å². The van der Waals surface area contributed by atoms with E-state index in [9.17, 15) is 27.6 Å². The van der Waals surface area contributed by atoms with Gasteiger partial charge in [-0.2, -0.15) is 13.2 Å². The van der Waals surface area contributed by atoms with Gasteiger partial charge in [0.1, 0.15) is 0 Å². The van der Waals surface area contributed by atoms with Crippen molar-refractivity contribution in [3.05, 3.63) is 28.7 Å². The molecule has 2 N–H and O–H groups in total. The Morgan fingerprint density at radius 3 is 2.56 bits per heavy atom. The second-order valence-electron chi connectivity index (χ2n) is 8.84. The molecule has 3 rings (SSSR count). The minimum absolute atomic E-state index is 0.0134. The number of carbonyl (C=O) groups is 3. The highest BCUT2D eigenvalue weighted by Crippen LogP contribution is 2.37. The molecule has 1 unspecified atom stereocenters. The third-order valence-electron chi connectivity index (χ3n) is 5.07. The van der Waals surface area contributed by atoms with Crippen molar-refractivity contribution in [2.45, 2.75) is 51.4 Å². The maximum absolute atomic E-state index is 13.4. The first-order valence-corrected chi connectivity index (χ1v) is 11.5. The van der Waals surface area contributed by atoms with E-state index < -0.39 is 35.6 Å². The Labute approximate surface area is 199 Å². The van der Waals surface area contributed by atoms with Crippen molar-refractivity contribution in [3.63, 3.8) is 0 Å². The van der Waals surface area contributed by atoms with E-state index in [1.165, 1.54) is 24.3 Å². The summed E-state index contributed by atoms with van der Waals surface area (Å²) in [4.78, 5) is 38.4. The molecule has 0 aliphatic carbocycles. The Hall–Kier alpha value is -2.73. The lowest BCUT2D eigenvalue weighted by atomic mass is 9.99. The average Bonchev–Trinajstić information content (AvgIpc) is 3.04. The number of rotatable bonds is 5. The third-order valence-corrected chi connectivity index (χ3v) is 5.88. The SMILES string of the molecule is CC(C)(C)N(C(=O)Oc1c(C=C2SC(=O)NC2=O)cccc1OCC(F)(F)F)C1CCCNC1. The van der Waals surface area contributed by atoms with Gasteiger partial charge in [0.25, 0.3) is 11.1 Å². The van der Waals surface area contributed by atoms with Crippen molar-refractivity contribution in [3.8, 4) is 11.5 Å². The summed E-state index contributed by atoms with van der Waals surface area (Å²) in [6.07, 6.45) is -2.51. The molecule has 34 heavy (non-hydrogen) atoms. The maximum Gasteiger partial charge on any atom is 0.422 e. The van der Waals surface area contributed by atoms with Crippen molar-refractivity contribution in [1.29, 1.82) is 0 Å². The molecule has 3 amide bonds. The molecule has 8 nitrogen and oxygen atoms in total. The number of hydrogen-bond acceptors (Lipinski definition) is 7. The molecule has 2 aliphatic rings. The van der Waals surface area contributed by atoms with E-state index in [4.69, 9.17) is 9.47 Å². The lowest BCUT2D eigenvalue weighted by Crippen LogP contribution is -2.57. The first kappa shape index (κ1) is 25.9. The standard InChI is InChI=1S/C22H26F3N3O5S/c1-21(2,3)28(14-7-5-9-26-11-14)20(31)33-17-13(10-16-18(29)27-19(30)34-16)6-4-8-15(17)32-12-22(23,24)25/h4,6,8,10,14,26H,5,7,9,11-12H2,1-3H3,(H,27,29,30). The van der Waals surface area contributed by atoms with E-state index in [-0.39, 0.29) is 28.0 Å². The zero-order valence-corrected chi connectivity index (χ0v) is 19.8. The highest BCUT2D eigenvalue weighted by atomic mass is 32.2. The van der Waals surface area contributed by atoms with Gasteiger partial charge < -0.3 is 14.8 Å². The van der Waals surface area contributed by atoms with Gasteiger partial charge in [0.05, 0.1) is 4.91 Å². The topological polar surface area (TPSA) is 97.0 Å². The molecule has 1 atom stereocenters. The minimum Gasteiger partial charge on any atom is -0.480 e. The Morgan fingerprint density at radius 1 is 1.26 bits per heavy atom. The van der Waals surface area contributed by atoms with Gasteiger partial charge in [-0.15, -0.1) is 0 Å². The van der Waals surface area contributed by atoms with E-state index >= 15 is 0 Å². The van der Waals surface area contributed by atoms with E-state index in [2.05, 4.69) is 10.6 Å². The zero-order chi connectivity index (χ0) is 25.1. The zero-order valence-electron chi connectivity index (χ0n) is 19.0. The van der Waals surface area contributed by atoms with Crippen molar-refractivity contribution < 1.29 is 37.0 Å². The van der Waals surface area contributed by atoms with Gasteiger partial charge >= 0.3 is 12.3 Å². The second-order valence-corrected chi connectivity index (χ2v) is 9.85. The minimum atomic E-state index is -4.62. The summed E-state index contributed by atoms with van der Waals surface area (Å²) >= 11 is 0.634. The van der Waals surface area contributed by atoms with E-state index in [0.29, 0.717) is 18.3 Å². The Kier molecular flexibility index (Phi) is 7.81. The first-order chi connectivity index (χ1) is 15.8. The molecule has 0 saturated carbocycles.